The van der Waals surface area contributed by atoms with Gasteiger partial charge in [-0.15, -0.1) is 0 Å². The Morgan fingerprint density at radius 2 is 2.27 bits per heavy atom. The van der Waals surface area contributed by atoms with Gasteiger partial charge in [-0.25, -0.2) is 0 Å². The summed E-state index contributed by atoms with van der Waals surface area (Å²) in [5.74, 6) is 0.602. The molecule has 0 aromatic carbocycles. The molecule has 82 valence electrons. The largest absolute Gasteiger partial charge is 0.352 e. The smallest absolute Gasteiger partial charge is 0.251 e. The number of nitrogens with zero attached hydrogens (tertiary/aromatic N) is 1. The predicted molar refractivity (Wildman–Crippen MR) is 60.8 cm³/mol. The topological polar surface area (TPSA) is 42.0 Å². The SMILES string of the molecule is Cc1cc(C(=O)NCCC(C)C)ccn1. The number of hydrogen-bond acceptors (Lipinski definition) is 2. The van der Waals surface area contributed by atoms with Gasteiger partial charge in [0.15, 0.2) is 0 Å². The van der Waals surface area contributed by atoms with E-state index in [1.54, 1.807) is 18.3 Å². The fourth-order valence-corrected chi connectivity index (χ4v) is 1.26. The van der Waals surface area contributed by atoms with Crippen LogP contribution < -0.4 is 5.32 Å². The number of rotatable bonds is 4. The maximum absolute atomic E-state index is 11.6. The summed E-state index contributed by atoms with van der Waals surface area (Å²) in [6.45, 7) is 6.90. The first kappa shape index (κ1) is 11.7. The molecule has 0 fully saturated rings. The van der Waals surface area contributed by atoms with Crippen molar-refractivity contribution in [2.75, 3.05) is 6.54 Å². The van der Waals surface area contributed by atoms with Gasteiger partial charge in [0, 0.05) is 24.0 Å². The summed E-state index contributed by atoms with van der Waals surface area (Å²) in [7, 11) is 0. The van der Waals surface area contributed by atoms with Gasteiger partial charge in [0.25, 0.3) is 5.91 Å². The highest BCUT2D eigenvalue weighted by atomic mass is 16.1. The van der Waals surface area contributed by atoms with E-state index in [9.17, 15) is 4.79 Å². The van der Waals surface area contributed by atoms with Crippen molar-refractivity contribution in [2.45, 2.75) is 27.2 Å². The minimum atomic E-state index is -0.0128. The fourth-order valence-electron chi connectivity index (χ4n) is 1.26. The minimum Gasteiger partial charge on any atom is -0.352 e. The molecule has 0 aliphatic rings. The molecular weight excluding hydrogens is 188 g/mol. The highest BCUT2D eigenvalue weighted by Crippen LogP contribution is 2.01. The summed E-state index contributed by atoms with van der Waals surface area (Å²) in [6.07, 6.45) is 2.67. The second-order valence-electron chi connectivity index (χ2n) is 4.12. The van der Waals surface area contributed by atoms with Crippen LogP contribution in [0.3, 0.4) is 0 Å². The molecule has 0 atom stereocenters. The van der Waals surface area contributed by atoms with Gasteiger partial charge in [0.05, 0.1) is 0 Å². The van der Waals surface area contributed by atoms with E-state index in [0.29, 0.717) is 11.5 Å². The zero-order valence-corrected chi connectivity index (χ0v) is 9.58. The highest BCUT2D eigenvalue weighted by Gasteiger charge is 2.04. The van der Waals surface area contributed by atoms with Gasteiger partial charge in [-0.05, 0) is 31.4 Å². The van der Waals surface area contributed by atoms with Gasteiger partial charge in [-0.3, -0.25) is 9.78 Å². The van der Waals surface area contributed by atoms with Gasteiger partial charge < -0.3 is 5.32 Å². The van der Waals surface area contributed by atoms with Crippen molar-refractivity contribution in [3.63, 3.8) is 0 Å². The normalized spacial score (nSPS) is 10.4. The Hall–Kier alpha value is -1.38. The molecule has 0 saturated heterocycles. The molecule has 3 nitrogen and oxygen atoms in total. The second-order valence-corrected chi connectivity index (χ2v) is 4.12. The van der Waals surface area contributed by atoms with E-state index < -0.39 is 0 Å². The van der Waals surface area contributed by atoms with Crippen molar-refractivity contribution >= 4 is 5.91 Å². The van der Waals surface area contributed by atoms with E-state index in [4.69, 9.17) is 0 Å². The van der Waals surface area contributed by atoms with Crippen LogP contribution in [0, 0.1) is 12.8 Å². The van der Waals surface area contributed by atoms with Gasteiger partial charge in [0.1, 0.15) is 0 Å². The zero-order valence-electron chi connectivity index (χ0n) is 9.58. The number of amides is 1. The maximum Gasteiger partial charge on any atom is 0.251 e. The summed E-state index contributed by atoms with van der Waals surface area (Å²) in [5, 5.41) is 2.89. The summed E-state index contributed by atoms with van der Waals surface area (Å²) in [6, 6.07) is 3.53. The number of hydrogen-bond donors (Lipinski definition) is 1. The third-order valence-corrected chi connectivity index (χ3v) is 2.17. The molecule has 1 aromatic heterocycles. The third kappa shape index (κ3) is 4.11. The van der Waals surface area contributed by atoms with E-state index in [1.807, 2.05) is 6.92 Å². The van der Waals surface area contributed by atoms with Crippen molar-refractivity contribution in [2.24, 2.45) is 5.92 Å². The molecule has 1 N–H and O–H groups in total. The average molecular weight is 206 g/mol. The van der Waals surface area contributed by atoms with Crippen molar-refractivity contribution < 1.29 is 4.79 Å². The lowest BCUT2D eigenvalue weighted by Crippen LogP contribution is -2.25. The standard InChI is InChI=1S/C12H18N2O/c1-9(2)4-6-14-12(15)11-5-7-13-10(3)8-11/h5,7-9H,4,6H2,1-3H3,(H,14,15). The molecule has 0 unspecified atom stereocenters. The minimum absolute atomic E-state index is 0.0128. The predicted octanol–water partition coefficient (Wildman–Crippen LogP) is 2.17. The molecule has 1 aromatic rings. The first-order chi connectivity index (χ1) is 7.09. The van der Waals surface area contributed by atoms with Crippen molar-refractivity contribution in [1.29, 1.82) is 0 Å². The van der Waals surface area contributed by atoms with E-state index in [-0.39, 0.29) is 5.91 Å². The molecule has 15 heavy (non-hydrogen) atoms. The lowest BCUT2D eigenvalue weighted by Gasteiger charge is -2.07. The Bertz CT molecular complexity index is 334. The number of carbonyl (C=O) groups is 1. The molecule has 0 saturated carbocycles. The molecule has 0 bridgehead atoms. The van der Waals surface area contributed by atoms with Crippen LogP contribution in [0.25, 0.3) is 0 Å². The number of pyridine rings is 1. The summed E-state index contributed by atoms with van der Waals surface area (Å²) in [5.41, 5.74) is 1.55. The Morgan fingerprint density at radius 1 is 1.53 bits per heavy atom. The van der Waals surface area contributed by atoms with Crippen molar-refractivity contribution in [3.05, 3.63) is 29.6 Å². The number of aromatic nitrogens is 1. The van der Waals surface area contributed by atoms with Crippen molar-refractivity contribution in [1.82, 2.24) is 10.3 Å². The second kappa shape index (κ2) is 5.49. The highest BCUT2D eigenvalue weighted by molar-refractivity contribution is 5.94. The molecule has 1 amide bonds. The monoisotopic (exact) mass is 206 g/mol. The van der Waals surface area contributed by atoms with Crippen LogP contribution in [-0.2, 0) is 0 Å². The van der Waals surface area contributed by atoms with Gasteiger partial charge in [-0.2, -0.15) is 0 Å². The molecular formula is C12H18N2O. The van der Waals surface area contributed by atoms with Gasteiger partial charge >= 0.3 is 0 Å². The maximum atomic E-state index is 11.6. The zero-order chi connectivity index (χ0) is 11.3. The Morgan fingerprint density at radius 3 is 2.87 bits per heavy atom. The summed E-state index contributed by atoms with van der Waals surface area (Å²) >= 11 is 0. The van der Waals surface area contributed by atoms with E-state index >= 15 is 0 Å². The first-order valence-electron chi connectivity index (χ1n) is 5.30. The molecule has 0 radical (unpaired) electrons. The molecule has 0 aliphatic heterocycles. The lowest BCUT2D eigenvalue weighted by molar-refractivity contribution is 0.0952. The van der Waals surface area contributed by atoms with E-state index in [0.717, 1.165) is 18.7 Å². The molecule has 3 heteroatoms. The lowest BCUT2D eigenvalue weighted by atomic mass is 10.1. The Labute approximate surface area is 90.9 Å². The van der Waals surface area contributed by atoms with Crippen LogP contribution in [0.1, 0.15) is 36.3 Å². The van der Waals surface area contributed by atoms with Crippen LogP contribution in [0.4, 0.5) is 0 Å². The number of aryl methyl sites for hydroxylation is 1. The Kier molecular flexibility index (Phi) is 4.28. The molecule has 1 heterocycles. The molecule has 0 aliphatic carbocycles. The van der Waals surface area contributed by atoms with E-state index in [1.165, 1.54) is 0 Å². The number of nitrogens with one attached hydrogen (secondary N) is 1. The summed E-state index contributed by atoms with van der Waals surface area (Å²) in [4.78, 5) is 15.7. The quantitative estimate of drug-likeness (QED) is 0.820. The first-order valence-corrected chi connectivity index (χ1v) is 5.30. The summed E-state index contributed by atoms with van der Waals surface area (Å²) < 4.78 is 0. The van der Waals surface area contributed by atoms with Crippen LogP contribution in [-0.4, -0.2) is 17.4 Å². The van der Waals surface area contributed by atoms with Crippen LogP contribution >= 0.6 is 0 Å². The molecule has 0 spiro atoms. The molecule has 1 rings (SSSR count). The fraction of sp³-hybridized carbons (Fsp3) is 0.500. The Balaban J connectivity index is 2.47. The van der Waals surface area contributed by atoms with Crippen LogP contribution in [0.15, 0.2) is 18.3 Å². The van der Waals surface area contributed by atoms with Crippen LogP contribution in [0.2, 0.25) is 0 Å². The van der Waals surface area contributed by atoms with Gasteiger partial charge in [-0.1, -0.05) is 13.8 Å². The van der Waals surface area contributed by atoms with E-state index in [2.05, 4.69) is 24.1 Å². The van der Waals surface area contributed by atoms with Crippen molar-refractivity contribution in [3.8, 4) is 0 Å². The van der Waals surface area contributed by atoms with Gasteiger partial charge in [0.2, 0.25) is 0 Å². The van der Waals surface area contributed by atoms with Crippen LogP contribution in [0.5, 0.6) is 0 Å². The third-order valence-electron chi connectivity index (χ3n) is 2.17. The number of carbonyl (C=O) groups excluding carboxylic acids is 1. The average Bonchev–Trinajstić information content (AvgIpc) is 2.17.